The van der Waals surface area contributed by atoms with Gasteiger partial charge in [-0.25, -0.2) is 4.98 Å². The van der Waals surface area contributed by atoms with Crippen molar-refractivity contribution in [2.75, 3.05) is 11.4 Å². The third kappa shape index (κ3) is 2.05. The second-order valence-electron chi connectivity index (χ2n) is 5.38. The summed E-state index contributed by atoms with van der Waals surface area (Å²) < 4.78 is 1.97. The van der Waals surface area contributed by atoms with Gasteiger partial charge in [0.15, 0.2) is 0 Å². The molecule has 0 radical (unpaired) electrons. The third-order valence-corrected chi connectivity index (χ3v) is 4.01. The highest BCUT2D eigenvalue weighted by atomic mass is 16.2. The van der Waals surface area contributed by atoms with Gasteiger partial charge >= 0.3 is 0 Å². The number of carbonyl (C=O) groups is 2. The number of hydrogen-bond donors (Lipinski definition) is 0. The molecule has 0 unspecified atom stereocenters. The van der Waals surface area contributed by atoms with Crippen LogP contribution in [-0.2, 0) is 11.3 Å². The molecule has 0 atom stereocenters. The van der Waals surface area contributed by atoms with Gasteiger partial charge in [0.1, 0.15) is 5.82 Å². The number of benzene rings is 1. The lowest BCUT2D eigenvalue weighted by Gasteiger charge is -2.19. The van der Waals surface area contributed by atoms with Crippen molar-refractivity contribution in [1.29, 1.82) is 0 Å². The molecule has 1 aliphatic rings. The minimum absolute atomic E-state index is 0.395. The van der Waals surface area contributed by atoms with Gasteiger partial charge in [0.2, 0.25) is 0 Å². The SMILES string of the molecule is Cc1ccc(C)c2c1C(=O)C(=O)N2CCn1ccnc1C. The first-order chi connectivity index (χ1) is 10.0. The molecule has 1 amide bonds. The summed E-state index contributed by atoms with van der Waals surface area (Å²) in [6.45, 7) is 6.81. The van der Waals surface area contributed by atoms with Gasteiger partial charge in [-0.3, -0.25) is 9.59 Å². The molecule has 5 nitrogen and oxygen atoms in total. The molecule has 0 saturated heterocycles. The van der Waals surface area contributed by atoms with E-state index in [0.29, 0.717) is 18.7 Å². The van der Waals surface area contributed by atoms with E-state index in [1.54, 1.807) is 11.1 Å². The monoisotopic (exact) mass is 283 g/mol. The van der Waals surface area contributed by atoms with Crippen molar-refractivity contribution in [1.82, 2.24) is 9.55 Å². The standard InChI is InChI=1S/C16H17N3O2/c1-10-4-5-11(2)14-13(10)15(20)16(21)19(14)9-8-18-7-6-17-12(18)3/h4-7H,8-9H2,1-3H3. The lowest BCUT2D eigenvalue weighted by Crippen LogP contribution is -2.33. The fraction of sp³-hybridized carbons (Fsp3) is 0.312. The van der Waals surface area contributed by atoms with E-state index in [1.807, 2.05) is 43.7 Å². The minimum Gasteiger partial charge on any atom is -0.333 e. The maximum absolute atomic E-state index is 12.3. The fourth-order valence-corrected chi connectivity index (χ4v) is 2.82. The number of imidazole rings is 1. The molecule has 108 valence electrons. The van der Waals surface area contributed by atoms with Gasteiger partial charge in [-0.05, 0) is 31.9 Å². The maximum atomic E-state index is 12.3. The molecule has 21 heavy (non-hydrogen) atoms. The zero-order chi connectivity index (χ0) is 15.1. The summed E-state index contributed by atoms with van der Waals surface area (Å²) in [6, 6.07) is 3.85. The second kappa shape index (κ2) is 4.84. The van der Waals surface area contributed by atoms with Crippen molar-refractivity contribution in [3.63, 3.8) is 0 Å². The number of amides is 1. The molecule has 0 fully saturated rings. The van der Waals surface area contributed by atoms with Gasteiger partial charge in [-0.1, -0.05) is 12.1 Å². The molecular weight excluding hydrogens is 266 g/mol. The number of rotatable bonds is 3. The Morgan fingerprint density at radius 1 is 1.05 bits per heavy atom. The molecule has 3 rings (SSSR count). The molecule has 0 bridgehead atoms. The van der Waals surface area contributed by atoms with E-state index in [9.17, 15) is 9.59 Å². The number of ketones is 1. The largest absolute Gasteiger partial charge is 0.333 e. The Labute approximate surface area is 123 Å². The molecule has 2 aromatic rings. The van der Waals surface area contributed by atoms with Crippen LogP contribution in [0.2, 0.25) is 0 Å². The maximum Gasteiger partial charge on any atom is 0.299 e. The summed E-state index contributed by atoms with van der Waals surface area (Å²) >= 11 is 0. The first-order valence-corrected chi connectivity index (χ1v) is 6.95. The molecule has 1 aromatic heterocycles. The van der Waals surface area contributed by atoms with Crippen molar-refractivity contribution in [2.45, 2.75) is 27.3 Å². The zero-order valence-corrected chi connectivity index (χ0v) is 12.4. The molecule has 1 aliphatic heterocycles. The second-order valence-corrected chi connectivity index (χ2v) is 5.38. The summed E-state index contributed by atoms with van der Waals surface area (Å²) in [5.41, 5.74) is 3.14. The summed E-state index contributed by atoms with van der Waals surface area (Å²) in [7, 11) is 0. The summed E-state index contributed by atoms with van der Waals surface area (Å²) in [6.07, 6.45) is 3.61. The van der Waals surface area contributed by atoms with E-state index in [1.165, 1.54) is 0 Å². The smallest absolute Gasteiger partial charge is 0.299 e. The van der Waals surface area contributed by atoms with E-state index in [2.05, 4.69) is 4.98 Å². The number of aryl methyl sites for hydroxylation is 3. The van der Waals surface area contributed by atoms with Crippen LogP contribution in [0, 0.1) is 20.8 Å². The Kier molecular flexibility index (Phi) is 3.12. The van der Waals surface area contributed by atoms with E-state index >= 15 is 0 Å². The van der Waals surface area contributed by atoms with Crippen molar-refractivity contribution >= 4 is 17.4 Å². The van der Waals surface area contributed by atoms with Gasteiger partial charge in [0.25, 0.3) is 11.7 Å². The van der Waals surface area contributed by atoms with Crippen LogP contribution in [0.25, 0.3) is 0 Å². The van der Waals surface area contributed by atoms with Crippen LogP contribution in [0.4, 0.5) is 5.69 Å². The molecule has 5 heteroatoms. The Morgan fingerprint density at radius 3 is 2.43 bits per heavy atom. The van der Waals surface area contributed by atoms with E-state index in [0.717, 1.165) is 22.6 Å². The number of anilines is 1. The van der Waals surface area contributed by atoms with Crippen LogP contribution in [0.15, 0.2) is 24.5 Å². The topological polar surface area (TPSA) is 55.2 Å². The molecule has 1 aromatic carbocycles. The summed E-state index contributed by atoms with van der Waals surface area (Å²) in [5, 5.41) is 0. The van der Waals surface area contributed by atoms with Gasteiger partial charge < -0.3 is 9.47 Å². The van der Waals surface area contributed by atoms with Gasteiger partial charge in [-0.15, -0.1) is 0 Å². The van der Waals surface area contributed by atoms with E-state index < -0.39 is 11.7 Å². The Hall–Kier alpha value is -2.43. The first-order valence-electron chi connectivity index (χ1n) is 6.95. The van der Waals surface area contributed by atoms with Crippen LogP contribution in [0.1, 0.15) is 27.3 Å². The Bertz CT molecular complexity index is 746. The van der Waals surface area contributed by atoms with Crippen LogP contribution < -0.4 is 4.90 Å². The number of nitrogens with zero attached hydrogens (tertiary/aromatic N) is 3. The highest BCUT2D eigenvalue weighted by Crippen LogP contribution is 2.34. The average Bonchev–Trinajstić information content (AvgIpc) is 2.97. The molecule has 0 aliphatic carbocycles. The predicted molar refractivity (Wildman–Crippen MR) is 79.6 cm³/mol. The Morgan fingerprint density at radius 2 is 1.76 bits per heavy atom. The van der Waals surface area contributed by atoms with Crippen LogP contribution in [0.3, 0.4) is 0 Å². The number of aromatic nitrogens is 2. The number of carbonyl (C=O) groups excluding carboxylic acids is 2. The van der Waals surface area contributed by atoms with E-state index in [-0.39, 0.29) is 0 Å². The Balaban J connectivity index is 1.95. The van der Waals surface area contributed by atoms with Crippen molar-refractivity contribution < 1.29 is 9.59 Å². The highest BCUT2D eigenvalue weighted by molar-refractivity contribution is 6.52. The van der Waals surface area contributed by atoms with Crippen LogP contribution in [0.5, 0.6) is 0 Å². The minimum atomic E-state index is -0.430. The quantitative estimate of drug-likeness (QED) is 0.810. The molecular formula is C16H17N3O2. The van der Waals surface area contributed by atoms with Crippen molar-refractivity contribution in [3.05, 3.63) is 47.0 Å². The van der Waals surface area contributed by atoms with Crippen molar-refractivity contribution in [2.24, 2.45) is 0 Å². The molecule has 2 heterocycles. The number of hydrogen-bond acceptors (Lipinski definition) is 3. The normalized spacial score (nSPS) is 14.0. The zero-order valence-electron chi connectivity index (χ0n) is 12.4. The lowest BCUT2D eigenvalue weighted by molar-refractivity contribution is -0.114. The van der Waals surface area contributed by atoms with Gasteiger partial charge in [0, 0.05) is 25.5 Å². The number of fused-ring (bicyclic) bond motifs is 1. The highest BCUT2D eigenvalue weighted by Gasteiger charge is 2.37. The first kappa shape index (κ1) is 13.5. The van der Waals surface area contributed by atoms with Gasteiger partial charge in [0.05, 0.1) is 11.3 Å². The van der Waals surface area contributed by atoms with Crippen molar-refractivity contribution in [3.8, 4) is 0 Å². The van der Waals surface area contributed by atoms with Crippen LogP contribution in [-0.4, -0.2) is 27.8 Å². The van der Waals surface area contributed by atoms with Crippen LogP contribution >= 0.6 is 0 Å². The predicted octanol–water partition coefficient (Wildman–Crippen LogP) is 2.04. The fourth-order valence-electron chi connectivity index (χ4n) is 2.82. The average molecular weight is 283 g/mol. The van der Waals surface area contributed by atoms with Gasteiger partial charge in [-0.2, -0.15) is 0 Å². The molecule has 0 saturated carbocycles. The molecule has 0 N–H and O–H groups in total. The molecule has 0 spiro atoms. The summed E-state index contributed by atoms with van der Waals surface area (Å²) in [4.78, 5) is 30.2. The number of Topliss-reactive ketones (excluding diaryl/α,β-unsaturated/α-hetero) is 1. The lowest BCUT2D eigenvalue weighted by atomic mass is 10.0. The third-order valence-electron chi connectivity index (χ3n) is 4.01. The summed E-state index contributed by atoms with van der Waals surface area (Å²) in [5.74, 6) is 0.0721. The van der Waals surface area contributed by atoms with E-state index in [4.69, 9.17) is 0 Å².